The molecule has 1 aliphatic rings. The zero-order valence-electron chi connectivity index (χ0n) is 21.1. The van der Waals surface area contributed by atoms with E-state index in [4.69, 9.17) is 14.6 Å². The minimum Gasteiger partial charge on any atom is -0.457 e. The number of nitrogens with zero attached hydrogens (tertiary/aromatic N) is 3. The van der Waals surface area contributed by atoms with Crippen molar-refractivity contribution in [2.75, 3.05) is 30.8 Å². The average Bonchev–Trinajstić information content (AvgIpc) is 3.22. The summed E-state index contributed by atoms with van der Waals surface area (Å²) in [7, 11) is 0.170. The molecule has 38 heavy (non-hydrogen) atoms. The number of benzene rings is 2. The molecule has 2 N–H and O–H groups in total. The van der Waals surface area contributed by atoms with Crippen molar-refractivity contribution in [2.24, 2.45) is 0 Å². The van der Waals surface area contributed by atoms with Crippen molar-refractivity contribution < 1.29 is 28.0 Å². The Morgan fingerprint density at radius 1 is 1.21 bits per heavy atom. The van der Waals surface area contributed by atoms with Gasteiger partial charge in [-0.1, -0.05) is 0 Å². The molecule has 0 aliphatic carbocycles. The molecule has 0 fully saturated rings. The van der Waals surface area contributed by atoms with Crippen molar-refractivity contribution in [1.29, 1.82) is 0 Å². The van der Waals surface area contributed by atoms with Crippen molar-refractivity contribution >= 4 is 28.1 Å². The van der Waals surface area contributed by atoms with Crippen LogP contribution in [0, 0.1) is 5.82 Å². The number of pyridine rings is 1. The van der Waals surface area contributed by atoms with Gasteiger partial charge in [-0.3, -0.25) is 9.10 Å². The highest BCUT2D eigenvalue weighted by Gasteiger charge is 2.31. The number of aliphatic hydroxyl groups is 1. The summed E-state index contributed by atoms with van der Waals surface area (Å²) in [5, 5.41) is 17.2. The van der Waals surface area contributed by atoms with Gasteiger partial charge in [-0.05, 0) is 61.5 Å². The van der Waals surface area contributed by atoms with Crippen LogP contribution in [0.1, 0.15) is 28.9 Å². The number of carbonyl (C=O) groups is 1. The van der Waals surface area contributed by atoms with Crippen LogP contribution in [-0.4, -0.2) is 57.4 Å². The summed E-state index contributed by atoms with van der Waals surface area (Å²) in [6.07, 6.45) is 2.38. The number of rotatable bonds is 6. The van der Waals surface area contributed by atoms with E-state index in [0.29, 0.717) is 39.5 Å². The Morgan fingerprint density at radius 2 is 1.87 bits per heavy atom. The van der Waals surface area contributed by atoms with Crippen molar-refractivity contribution in [1.82, 2.24) is 14.9 Å². The molecule has 198 valence electrons. The van der Waals surface area contributed by atoms with Gasteiger partial charge in [-0.2, -0.15) is 5.10 Å². The van der Waals surface area contributed by atoms with Crippen molar-refractivity contribution in [3.63, 3.8) is 0 Å². The van der Waals surface area contributed by atoms with Crippen LogP contribution < -0.4 is 14.4 Å². The summed E-state index contributed by atoms with van der Waals surface area (Å²) in [5.74, 6) is 0.383. The Labute approximate surface area is 221 Å². The van der Waals surface area contributed by atoms with E-state index in [2.05, 4.69) is 5.32 Å². The van der Waals surface area contributed by atoms with Gasteiger partial charge in [-0.15, -0.1) is 0 Å². The first-order chi connectivity index (χ1) is 18.3. The summed E-state index contributed by atoms with van der Waals surface area (Å²) in [5.41, 5.74) is 3.48. The van der Waals surface area contributed by atoms with Crippen molar-refractivity contribution in [3.8, 4) is 22.8 Å². The SMILES string of the molecule is CNC(=O)c1c(-c2ccc(Oc3ccc(F)cc3)cc2)nn2cc3c(cc12)C(C)OC(CO)CN3S(C)=O. The molecule has 0 saturated heterocycles. The first-order valence-corrected chi connectivity index (χ1v) is 13.5. The van der Waals surface area contributed by atoms with Gasteiger partial charge in [0.25, 0.3) is 5.91 Å². The molecule has 3 heterocycles. The van der Waals surface area contributed by atoms with Gasteiger partial charge in [0.2, 0.25) is 0 Å². The third-order valence-corrected chi connectivity index (χ3v) is 7.36. The van der Waals surface area contributed by atoms with Gasteiger partial charge < -0.3 is 19.9 Å². The molecule has 0 spiro atoms. The Morgan fingerprint density at radius 3 is 2.47 bits per heavy atom. The molecular weight excluding hydrogens is 511 g/mol. The minimum absolute atomic E-state index is 0.211. The van der Waals surface area contributed by atoms with E-state index in [1.54, 1.807) is 64.7 Å². The highest BCUT2D eigenvalue weighted by Crippen LogP contribution is 2.37. The molecule has 1 amide bonds. The van der Waals surface area contributed by atoms with E-state index in [1.165, 1.54) is 12.1 Å². The third kappa shape index (κ3) is 4.87. The van der Waals surface area contributed by atoms with Gasteiger partial charge in [0.1, 0.15) is 34.0 Å². The fourth-order valence-corrected chi connectivity index (χ4v) is 5.34. The summed E-state index contributed by atoms with van der Waals surface area (Å²) >= 11 is 0. The fraction of sp³-hybridized carbons (Fsp3) is 0.259. The van der Waals surface area contributed by atoms with E-state index >= 15 is 0 Å². The normalized spacial score (nSPS) is 18.1. The van der Waals surface area contributed by atoms with Crippen LogP contribution >= 0.6 is 0 Å². The second-order valence-corrected chi connectivity index (χ2v) is 10.2. The number of amides is 1. The summed E-state index contributed by atoms with van der Waals surface area (Å²) in [6, 6.07) is 14.6. The predicted molar refractivity (Wildman–Crippen MR) is 142 cm³/mol. The molecule has 1 aliphatic heterocycles. The largest absolute Gasteiger partial charge is 0.457 e. The van der Waals surface area contributed by atoms with Crippen LogP contribution in [0.5, 0.6) is 11.5 Å². The molecule has 5 rings (SSSR count). The third-order valence-electron chi connectivity index (χ3n) is 6.40. The molecule has 2 aromatic carbocycles. The molecule has 11 heteroatoms. The van der Waals surface area contributed by atoms with E-state index in [9.17, 15) is 18.5 Å². The number of carbonyl (C=O) groups excluding carboxylic acids is 1. The van der Waals surface area contributed by atoms with Crippen LogP contribution in [0.4, 0.5) is 10.1 Å². The first kappa shape index (κ1) is 25.8. The van der Waals surface area contributed by atoms with Gasteiger partial charge in [0, 0.05) is 24.4 Å². The number of nitrogens with one attached hydrogen (secondary N) is 1. The quantitative estimate of drug-likeness (QED) is 0.387. The van der Waals surface area contributed by atoms with Gasteiger partial charge >= 0.3 is 0 Å². The predicted octanol–water partition coefficient (Wildman–Crippen LogP) is 3.84. The van der Waals surface area contributed by atoms with Crippen molar-refractivity contribution in [2.45, 2.75) is 19.1 Å². The van der Waals surface area contributed by atoms with E-state index in [-0.39, 0.29) is 24.9 Å². The van der Waals surface area contributed by atoms with Crippen LogP contribution in [0.3, 0.4) is 0 Å². The fourth-order valence-electron chi connectivity index (χ4n) is 4.53. The second-order valence-electron chi connectivity index (χ2n) is 8.89. The Hall–Kier alpha value is -3.80. The lowest BCUT2D eigenvalue weighted by Crippen LogP contribution is -2.35. The molecular formula is C27H27FN4O5S. The highest BCUT2D eigenvalue weighted by atomic mass is 32.2. The molecule has 3 atom stereocenters. The molecule has 3 unspecified atom stereocenters. The lowest BCUT2D eigenvalue weighted by molar-refractivity contribution is -0.0226. The number of anilines is 1. The number of hydrogen-bond donors (Lipinski definition) is 2. The smallest absolute Gasteiger partial charge is 0.255 e. The maximum Gasteiger partial charge on any atom is 0.255 e. The van der Waals surface area contributed by atoms with Crippen LogP contribution in [0.2, 0.25) is 0 Å². The van der Waals surface area contributed by atoms with Gasteiger partial charge in [0.15, 0.2) is 0 Å². The zero-order valence-corrected chi connectivity index (χ0v) is 21.9. The Kier molecular flexibility index (Phi) is 7.15. The second kappa shape index (κ2) is 10.5. The monoisotopic (exact) mass is 538 g/mol. The van der Waals surface area contributed by atoms with E-state index in [1.807, 2.05) is 13.0 Å². The number of hydrogen-bond acceptors (Lipinski definition) is 6. The topological polar surface area (TPSA) is 105 Å². The molecule has 9 nitrogen and oxygen atoms in total. The van der Waals surface area contributed by atoms with Gasteiger partial charge in [-0.25, -0.2) is 13.1 Å². The average molecular weight is 539 g/mol. The maximum absolute atomic E-state index is 13.2. The molecule has 0 radical (unpaired) electrons. The Bertz CT molecular complexity index is 1510. The molecule has 2 aromatic heterocycles. The lowest BCUT2D eigenvalue weighted by Gasteiger charge is -2.23. The number of ether oxygens (including phenoxy) is 2. The molecule has 4 aromatic rings. The summed E-state index contributed by atoms with van der Waals surface area (Å²) in [4.78, 5) is 13.1. The lowest BCUT2D eigenvalue weighted by atomic mass is 10.0. The van der Waals surface area contributed by atoms with Crippen LogP contribution in [0.25, 0.3) is 16.8 Å². The summed E-state index contributed by atoms with van der Waals surface area (Å²) in [6.45, 7) is 1.89. The zero-order chi connectivity index (χ0) is 27.0. The first-order valence-electron chi connectivity index (χ1n) is 12.0. The van der Waals surface area contributed by atoms with Gasteiger partial charge in [0.05, 0.1) is 48.3 Å². The van der Waals surface area contributed by atoms with E-state index in [0.717, 1.165) is 5.56 Å². The van der Waals surface area contributed by atoms with Crippen LogP contribution in [-0.2, 0) is 15.7 Å². The number of halogens is 1. The number of fused-ring (bicyclic) bond motifs is 2. The standard InChI is InChI=1S/C27H27FN4O5S/c1-16-22-12-23-25(27(34)29-2)26(17-4-8-19(9-5-17)37-20-10-6-18(28)7-11-20)30-31(23)14-24(22)32(38(3)35)13-21(15-33)36-16/h4-12,14,16,21,33H,13,15H2,1-3H3,(H,29,34). The minimum atomic E-state index is -1.38. The maximum atomic E-state index is 13.2. The van der Waals surface area contributed by atoms with Crippen molar-refractivity contribution in [3.05, 3.63) is 77.7 Å². The number of aliphatic hydroxyl groups excluding tert-OH is 1. The Balaban J connectivity index is 1.59. The number of aromatic nitrogens is 2. The summed E-state index contributed by atoms with van der Waals surface area (Å²) < 4.78 is 40.9. The van der Waals surface area contributed by atoms with Crippen LogP contribution in [0.15, 0.2) is 60.8 Å². The molecule has 0 bridgehead atoms. The highest BCUT2D eigenvalue weighted by molar-refractivity contribution is 7.85. The molecule has 0 saturated carbocycles. The van der Waals surface area contributed by atoms with E-state index < -0.39 is 23.2 Å².